The fourth-order valence-electron chi connectivity index (χ4n) is 5.69. The molecule has 0 saturated heterocycles. The van der Waals surface area contributed by atoms with Gasteiger partial charge in [-0.2, -0.15) is 0 Å². The maximum absolute atomic E-state index is 4.80. The van der Waals surface area contributed by atoms with E-state index in [2.05, 4.69) is 156 Å². The average molecular weight is 809 g/mol. The van der Waals surface area contributed by atoms with Gasteiger partial charge in [0.05, 0.1) is 8.07 Å². The summed E-state index contributed by atoms with van der Waals surface area (Å²) in [4.78, 5) is 9.28. The van der Waals surface area contributed by atoms with Crippen LogP contribution in [0.5, 0.6) is 0 Å². The minimum absolute atomic E-state index is 0. The molecule has 2 nitrogen and oxygen atoms in total. The molecule has 241 valence electrons. The van der Waals surface area contributed by atoms with Crippen LogP contribution in [0.15, 0.2) is 134 Å². The first-order valence-electron chi connectivity index (χ1n) is 16.1. The van der Waals surface area contributed by atoms with Gasteiger partial charge >= 0.3 is 0 Å². The Morgan fingerprint density at radius 3 is 1.89 bits per heavy atom. The van der Waals surface area contributed by atoms with Gasteiger partial charge in [0.25, 0.3) is 0 Å². The fourth-order valence-corrected chi connectivity index (χ4v) is 7.37. The molecule has 0 fully saturated rings. The zero-order valence-electron chi connectivity index (χ0n) is 28.5. The van der Waals surface area contributed by atoms with Crippen LogP contribution < -0.4 is 5.19 Å². The van der Waals surface area contributed by atoms with Gasteiger partial charge in [-0.15, -0.1) is 71.3 Å². The second kappa shape index (κ2) is 15.8. The molecular formula is C43H44IrN2Si-2. The molecule has 0 atom stereocenters. The van der Waals surface area contributed by atoms with Crippen molar-refractivity contribution in [3.8, 4) is 33.6 Å². The molecule has 0 aliphatic heterocycles. The van der Waals surface area contributed by atoms with Crippen molar-refractivity contribution in [3.63, 3.8) is 0 Å². The molecule has 1 radical (unpaired) electrons. The SMILES string of the molecule is CC(C)(c1ccccc1)c1ccnc(-c2[c-]cccc2)c1.CC(C)c1cc(-c2[c-]ccc(-c3ccccc3)c2)ncc1[Si](C)(C)C.[Ir]. The monoisotopic (exact) mass is 809 g/mol. The Hall–Kier alpha value is -3.95. The van der Waals surface area contributed by atoms with Gasteiger partial charge in [0.2, 0.25) is 0 Å². The number of hydrogen-bond donors (Lipinski definition) is 0. The first-order valence-corrected chi connectivity index (χ1v) is 19.6. The number of hydrogen-bond acceptors (Lipinski definition) is 2. The summed E-state index contributed by atoms with van der Waals surface area (Å²) in [7, 11) is -1.40. The van der Waals surface area contributed by atoms with E-state index in [-0.39, 0.29) is 25.5 Å². The topological polar surface area (TPSA) is 25.8 Å². The van der Waals surface area contributed by atoms with Crippen molar-refractivity contribution in [2.24, 2.45) is 0 Å². The van der Waals surface area contributed by atoms with Crippen molar-refractivity contribution in [1.29, 1.82) is 0 Å². The summed E-state index contributed by atoms with van der Waals surface area (Å²) in [6.45, 7) is 16.2. The van der Waals surface area contributed by atoms with Gasteiger partial charge in [0.1, 0.15) is 0 Å². The molecule has 0 amide bonds. The Kier molecular flexibility index (Phi) is 12.0. The second-order valence-corrected chi connectivity index (χ2v) is 18.7. The van der Waals surface area contributed by atoms with Crippen LogP contribution in [0.4, 0.5) is 0 Å². The molecule has 0 bridgehead atoms. The molecule has 0 saturated carbocycles. The van der Waals surface area contributed by atoms with Crippen molar-refractivity contribution in [2.45, 2.75) is 58.7 Å². The largest absolute Gasteiger partial charge is 0.305 e. The van der Waals surface area contributed by atoms with Crippen molar-refractivity contribution < 1.29 is 20.1 Å². The van der Waals surface area contributed by atoms with E-state index in [4.69, 9.17) is 4.98 Å². The van der Waals surface area contributed by atoms with Crippen molar-refractivity contribution in [3.05, 3.63) is 163 Å². The minimum Gasteiger partial charge on any atom is -0.305 e. The van der Waals surface area contributed by atoms with Gasteiger partial charge in [0.15, 0.2) is 0 Å². The maximum Gasteiger partial charge on any atom is 0.0799 e. The summed E-state index contributed by atoms with van der Waals surface area (Å²) in [5.74, 6) is 0.501. The Morgan fingerprint density at radius 2 is 1.26 bits per heavy atom. The molecule has 0 unspecified atom stereocenters. The third kappa shape index (κ3) is 8.90. The molecular weight excluding hydrogens is 765 g/mol. The van der Waals surface area contributed by atoms with Gasteiger partial charge in [-0.3, -0.25) is 0 Å². The van der Waals surface area contributed by atoms with E-state index in [9.17, 15) is 0 Å². The van der Waals surface area contributed by atoms with Crippen molar-refractivity contribution in [1.82, 2.24) is 9.97 Å². The molecule has 47 heavy (non-hydrogen) atoms. The molecule has 2 aromatic heterocycles. The van der Waals surface area contributed by atoms with Crippen LogP contribution in [0.1, 0.15) is 50.3 Å². The van der Waals surface area contributed by atoms with Gasteiger partial charge < -0.3 is 9.97 Å². The summed E-state index contributed by atoms with van der Waals surface area (Å²) in [5, 5.41) is 1.46. The Morgan fingerprint density at radius 1 is 0.617 bits per heavy atom. The average Bonchev–Trinajstić information content (AvgIpc) is 3.09. The fraction of sp³-hybridized carbons (Fsp3) is 0.209. The molecule has 2 heterocycles. The molecule has 0 aliphatic rings. The molecule has 0 aliphatic carbocycles. The number of aromatic nitrogens is 2. The first-order chi connectivity index (χ1) is 22.0. The van der Waals surface area contributed by atoms with Crippen molar-refractivity contribution >= 4 is 13.3 Å². The molecule has 0 N–H and O–H groups in total. The van der Waals surface area contributed by atoms with Gasteiger partial charge in [0, 0.05) is 37.9 Å². The Balaban J connectivity index is 0.000000211. The summed E-state index contributed by atoms with van der Waals surface area (Å²) < 4.78 is 0. The number of benzene rings is 4. The van der Waals surface area contributed by atoms with Crippen LogP contribution in [-0.4, -0.2) is 18.0 Å². The van der Waals surface area contributed by atoms with E-state index in [1.165, 1.54) is 33.0 Å². The zero-order valence-corrected chi connectivity index (χ0v) is 31.9. The predicted molar refractivity (Wildman–Crippen MR) is 198 cm³/mol. The predicted octanol–water partition coefficient (Wildman–Crippen LogP) is 10.8. The summed E-state index contributed by atoms with van der Waals surface area (Å²) in [5.41, 5.74) is 10.5. The summed E-state index contributed by atoms with van der Waals surface area (Å²) in [6, 6.07) is 48.5. The quantitative estimate of drug-likeness (QED) is 0.119. The number of rotatable bonds is 7. The molecule has 6 aromatic rings. The van der Waals surface area contributed by atoms with Gasteiger partial charge in [-0.05, 0) is 45.2 Å². The van der Waals surface area contributed by atoms with Gasteiger partial charge in [-0.25, -0.2) is 0 Å². The number of pyridine rings is 2. The van der Waals surface area contributed by atoms with Crippen LogP contribution in [0.2, 0.25) is 19.6 Å². The second-order valence-electron chi connectivity index (χ2n) is 13.6. The van der Waals surface area contributed by atoms with Crippen molar-refractivity contribution in [2.75, 3.05) is 0 Å². The smallest absolute Gasteiger partial charge is 0.0799 e. The van der Waals surface area contributed by atoms with E-state index < -0.39 is 8.07 Å². The summed E-state index contributed by atoms with van der Waals surface area (Å²) in [6.07, 6.45) is 4.00. The maximum atomic E-state index is 4.80. The Bertz CT molecular complexity index is 1860. The third-order valence-corrected chi connectivity index (χ3v) is 10.5. The molecule has 4 heteroatoms. The number of nitrogens with zero attached hydrogens (tertiary/aromatic N) is 2. The van der Waals surface area contributed by atoms with Crippen LogP contribution >= 0.6 is 0 Å². The molecule has 6 rings (SSSR count). The van der Waals surface area contributed by atoms with E-state index in [0.717, 1.165) is 22.5 Å². The van der Waals surface area contributed by atoms with Gasteiger partial charge in [-0.1, -0.05) is 126 Å². The normalized spacial score (nSPS) is 11.3. The standard InChI is InChI=1S/C23H26NSi.C20H18N.Ir/c1-17(2)21-15-22(24-16-23(21)25(3,4)5)20-13-9-12-19(14-20)18-10-7-6-8-11-18;1-20(2,17-11-7-4-8-12-17)18-13-14-21-19(15-18)16-9-5-3-6-10-16;/h6-12,14-17H,1-5H3;3-9,11-15H,1-2H3;/q2*-1;. The van der Waals surface area contributed by atoms with E-state index in [1.807, 2.05) is 42.6 Å². The van der Waals surface area contributed by atoms with E-state index in [1.54, 1.807) is 0 Å². The van der Waals surface area contributed by atoms with Crippen LogP contribution in [0.3, 0.4) is 0 Å². The third-order valence-electron chi connectivity index (χ3n) is 8.51. The van der Waals surface area contributed by atoms with E-state index in [0.29, 0.717) is 5.92 Å². The zero-order chi connectivity index (χ0) is 32.7. The van der Waals surface area contributed by atoms with Crippen LogP contribution in [0, 0.1) is 12.1 Å². The Labute approximate surface area is 296 Å². The molecule has 4 aromatic carbocycles. The van der Waals surface area contributed by atoms with E-state index >= 15 is 0 Å². The van der Waals surface area contributed by atoms with Crippen LogP contribution in [0.25, 0.3) is 33.6 Å². The summed E-state index contributed by atoms with van der Waals surface area (Å²) >= 11 is 0. The van der Waals surface area contributed by atoms with Crippen LogP contribution in [-0.2, 0) is 25.5 Å². The minimum atomic E-state index is -1.40. The first kappa shape index (κ1) is 35.9. The molecule has 0 spiro atoms.